The van der Waals surface area contributed by atoms with Gasteiger partial charge in [0.15, 0.2) is 23.3 Å². The van der Waals surface area contributed by atoms with E-state index in [1.54, 1.807) is 48.5 Å². The highest BCUT2D eigenvalue weighted by molar-refractivity contribution is 6.10. The van der Waals surface area contributed by atoms with Gasteiger partial charge in [-0.25, -0.2) is 0 Å². The lowest BCUT2D eigenvalue weighted by atomic mass is 9.77. The topological polar surface area (TPSA) is 102 Å². The third kappa shape index (κ3) is 5.96. The van der Waals surface area contributed by atoms with Crippen molar-refractivity contribution in [2.24, 2.45) is 0 Å². The molecule has 2 bridgehead atoms. The minimum Gasteiger partial charge on any atom is -0.381 e. The molecule has 0 spiro atoms. The lowest BCUT2D eigenvalue weighted by molar-refractivity contribution is -0.182. The van der Waals surface area contributed by atoms with Crippen molar-refractivity contribution < 1.29 is 34.0 Å². The zero-order chi connectivity index (χ0) is 32.4. The van der Waals surface area contributed by atoms with Crippen molar-refractivity contribution in [1.82, 2.24) is 0 Å². The van der Waals surface area contributed by atoms with Gasteiger partial charge >= 0.3 is 0 Å². The van der Waals surface area contributed by atoms with Gasteiger partial charge in [-0.1, -0.05) is 140 Å². The van der Waals surface area contributed by atoms with E-state index in [0.717, 1.165) is 27.8 Å². The van der Waals surface area contributed by atoms with Crippen molar-refractivity contribution in [2.75, 3.05) is 6.61 Å². The molecule has 2 heterocycles. The van der Waals surface area contributed by atoms with Crippen LogP contribution in [0.5, 0.6) is 0 Å². The number of rotatable bonds is 11. The molecule has 0 radical (unpaired) electrons. The molecular formula is C40H34O7. The quantitative estimate of drug-likeness (QED) is 0.175. The molecule has 2 N–H and O–H groups in total. The van der Waals surface area contributed by atoms with Crippen molar-refractivity contribution in [2.45, 2.75) is 42.7 Å². The van der Waals surface area contributed by atoms with Crippen LogP contribution in [0.2, 0.25) is 0 Å². The first-order chi connectivity index (χ1) is 22.9. The molecule has 236 valence electrons. The summed E-state index contributed by atoms with van der Waals surface area (Å²) in [6.45, 7) is 0.460. The molecule has 2 aliphatic heterocycles. The van der Waals surface area contributed by atoms with Crippen LogP contribution < -0.4 is 0 Å². The number of ketones is 2. The Morgan fingerprint density at radius 1 is 0.702 bits per heavy atom. The molecule has 47 heavy (non-hydrogen) atoms. The molecule has 2 saturated heterocycles. The third-order valence-electron chi connectivity index (χ3n) is 9.04. The second kappa shape index (κ2) is 13.2. The normalized spacial score (nSPS) is 22.0. The van der Waals surface area contributed by atoms with Crippen molar-refractivity contribution in [3.8, 4) is 22.3 Å². The smallest absolute Gasteiger partial charge is 0.200 e. The van der Waals surface area contributed by atoms with E-state index in [9.17, 15) is 19.8 Å². The van der Waals surface area contributed by atoms with E-state index in [0.29, 0.717) is 0 Å². The van der Waals surface area contributed by atoms with Gasteiger partial charge in [0.25, 0.3) is 0 Å². The van der Waals surface area contributed by atoms with E-state index in [-0.39, 0.29) is 24.3 Å². The largest absolute Gasteiger partial charge is 0.381 e. The van der Waals surface area contributed by atoms with Gasteiger partial charge < -0.3 is 24.4 Å². The van der Waals surface area contributed by atoms with Gasteiger partial charge in [0.2, 0.25) is 0 Å². The van der Waals surface area contributed by atoms with Crippen LogP contribution >= 0.6 is 0 Å². The second-order valence-electron chi connectivity index (χ2n) is 12.0. The summed E-state index contributed by atoms with van der Waals surface area (Å²) in [5.74, 6) is -1.66. The minimum atomic E-state index is -2.68. The molecule has 2 fully saturated rings. The van der Waals surface area contributed by atoms with Crippen molar-refractivity contribution in [3.63, 3.8) is 0 Å². The number of benzene rings is 5. The van der Waals surface area contributed by atoms with E-state index in [1.807, 2.05) is 91.0 Å². The van der Waals surface area contributed by atoms with Gasteiger partial charge in [0, 0.05) is 11.1 Å². The summed E-state index contributed by atoms with van der Waals surface area (Å²) in [6, 6.07) is 42.3. The maximum absolute atomic E-state index is 14.3. The Hall–Kier alpha value is -4.76. The molecule has 0 aromatic heterocycles. The highest BCUT2D eigenvalue weighted by Gasteiger charge is 2.65. The van der Waals surface area contributed by atoms with Gasteiger partial charge in [-0.2, -0.15) is 0 Å². The van der Waals surface area contributed by atoms with Gasteiger partial charge in [-0.05, 0) is 27.8 Å². The number of carbonyl (C=O) groups excluding carboxylic acids is 2. The van der Waals surface area contributed by atoms with Crippen LogP contribution in [0.4, 0.5) is 0 Å². The Morgan fingerprint density at radius 2 is 1.19 bits per heavy atom. The summed E-state index contributed by atoms with van der Waals surface area (Å²) in [6.07, 6.45) is -5.64. The molecule has 7 heteroatoms. The fourth-order valence-electron chi connectivity index (χ4n) is 6.47. The van der Waals surface area contributed by atoms with E-state index in [4.69, 9.17) is 14.2 Å². The van der Waals surface area contributed by atoms with E-state index < -0.39 is 47.7 Å². The number of Topliss-reactive ketones (excluding diaryl/α,β-unsaturated/α-hetero) is 2. The Labute approximate surface area is 273 Å². The average Bonchev–Trinajstić information content (AvgIpc) is 3.71. The van der Waals surface area contributed by atoms with Crippen LogP contribution in [-0.2, 0) is 20.8 Å². The second-order valence-corrected chi connectivity index (χ2v) is 12.0. The highest BCUT2D eigenvalue weighted by Crippen LogP contribution is 2.42. The van der Waals surface area contributed by atoms with Gasteiger partial charge in [0.1, 0.15) is 24.4 Å². The first-order valence-corrected chi connectivity index (χ1v) is 15.7. The summed E-state index contributed by atoms with van der Waals surface area (Å²) in [4.78, 5) is 28.2. The number of fused-ring (bicyclic) bond motifs is 2. The molecule has 7 nitrogen and oxygen atoms in total. The number of hydrogen-bond donors (Lipinski definition) is 2. The molecule has 2 aliphatic rings. The molecule has 5 aromatic rings. The van der Waals surface area contributed by atoms with E-state index in [1.165, 1.54) is 0 Å². The van der Waals surface area contributed by atoms with Crippen molar-refractivity contribution in [1.29, 1.82) is 0 Å². The molecule has 6 atom stereocenters. The molecule has 0 amide bonds. The van der Waals surface area contributed by atoms with Gasteiger partial charge in [-0.15, -0.1) is 0 Å². The Bertz CT molecular complexity index is 1830. The molecule has 5 aromatic carbocycles. The monoisotopic (exact) mass is 626 g/mol. The maximum atomic E-state index is 14.3. The van der Waals surface area contributed by atoms with E-state index >= 15 is 0 Å². The lowest BCUT2D eigenvalue weighted by Gasteiger charge is -2.39. The molecule has 7 rings (SSSR count). The van der Waals surface area contributed by atoms with Crippen LogP contribution in [0, 0.1) is 0 Å². The van der Waals surface area contributed by atoms with Crippen molar-refractivity contribution >= 4 is 11.6 Å². The Morgan fingerprint density at radius 3 is 1.74 bits per heavy atom. The maximum Gasteiger partial charge on any atom is 0.200 e. The summed E-state index contributed by atoms with van der Waals surface area (Å²) >= 11 is 0. The van der Waals surface area contributed by atoms with Gasteiger partial charge in [-0.3, -0.25) is 9.59 Å². The molecular weight excluding hydrogens is 592 g/mol. The average molecular weight is 627 g/mol. The van der Waals surface area contributed by atoms with Gasteiger partial charge in [0.05, 0.1) is 13.2 Å². The standard InChI is InChI=1S/C40H34O7/c41-34(31-20-16-29(17-21-31)27-12-6-2-7-13-27)38(43)40(44,37(42)32-22-18-30(19-23-32)28-14-8-3-9-15-28)39-36-35(33(47-39)25-46-36)45-24-26-10-4-1-5-11-26/h1-23,33,35-36,38-39,43-44H,24-25H2/t33-,35-,36+,38?,39-,40-/m1/s1. The van der Waals surface area contributed by atoms with Crippen LogP contribution in [0.1, 0.15) is 26.3 Å². The van der Waals surface area contributed by atoms with Crippen molar-refractivity contribution in [3.05, 3.63) is 156 Å². The fraction of sp³-hybridized carbons (Fsp3) is 0.200. The van der Waals surface area contributed by atoms with Crippen LogP contribution in [-0.4, -0.2) is 64.5 Å². The SMILES string of the molecule is O=C(c1ccc(-c2ccccc2)cc1)C(O)[C@](O)(C(=O)c1ccc(-c2ccccc2)cc1)[C@@H]1O[C@@H]2CO[C@H]1[C@@H]2OCc1ccccc1. The molecule has 0 aliphatic carbocycles. The summed E-state index contributed by atoms with van der Waals surface area (Å²) in [5, 5.41) is 24.1. The number of hydrogen-bond acceptors (Lipinski definition) is 7. The number of aliphatic hydroxyl groups excluding tert-OH is 1. The Balaban J connectivity index is 1.20. The third-order valence-corrected chi connectivity index (χ3v) is 9.04. The minimum absolute atomic E-state index is 0.117. The summed E-state index contributed by atoms with van der Waals surface area (Å²) in [5.41, 5.74) is 2.19. The Kier molecular flexibility index (Phi) is 8.64. The predicted octanol–water partition coefficient (Wildman–Crippen LogP) is 5.93. The number of carbonyl (C=O) groups is 2. The van der Waals surface area contributed by atoms with Crippen LogP contribution in [0.15, 0.2) is 140 Å². The lowest BCUT2D eigenvalue weighted by Crippen LogP contribution is -2.64. The summed E-state index contributed by atoms with van der Waals surface area (Å²) < 4.78 is 18.4. The first kappa shape index (κ1) is 30.9. The first-order valence-electron chi connectivity index (χ1n) is 15.7. The highest BCUT2D eigenvalue weighted by atomic mass is 16.7. The molecule has 1 unspecified atom stereocenters. The zero-order valence-corrected chi connectivity index (χ0v) is 25.5. The number of aliphatic hydroxyl groups is 2. The number of ether oxygens (including phenoxy) is 3. The van der Waals surface area contributed by atoms with Crippen LogP contribution in [0.3, 0.4) is 0 Å². The predicted molar refractivity (Wildman–Crippen MR) is 177 cm³/mol. The zero-order valence-electron chi connectivity index (χ0n) is 25.5. The van der Waals surface area contributed by atoms with Crippen LogP contribution in [0.25, 0.3) is 22.3 Å². The summed E-state index contributed by atoms with van der Waals surface area (Å²) in [7, 11) is 0. The molecule has 0 saturated carbocycles. The fourth-order valence-corrected chi connectivity index (χ4v) is 6.47. The van der Waals surface area contributed by atoms with E-state index in [2.05, 4.69) is 0 Å².